The highest BCUT2D eigenvalue weighted by Crippen LogP contribution is 2.41. The molecule has 0 radical (unpaired) electrons. The molecular formula is C49H55N11O6. The van der Waals surface area contributed by atoms with Crippen LogP contribution in [0.5, 0.6) is 23.3 Å². The molecule has 17 heteroatoms. The average molecular weight is 894 g/mol. The molecule has 0 saturated carbocycles. The van der Waals surface area contributed by atoms with Crippen LogP contribution in [-0.2, 0) is 11.3 Å². The van der Waals surface area contributed by atoms with Gasteiger partial charge in [-0.05, 0) is 79.3 Å². The zero-order valence-electron chi connectivity index (χ0n) is 37.8. The number of fused-ring (bicyclic) bond motifs is 2. The van der Waals surface area contributed by atoms with Gasteiger partial charge in [-0.2, -0.15) is 4.98 Å². The summed E-state index contributed by atoms with van der Waals surface area (Å²) >= 11 is 0. The van der Waals surface area contributed by atoms with Crippen molar-refractivity contribution in [1.29, 1.82) is 0 Å². The molecular weight excluding hydrogens is 839 g/mol. The number of phenols is 2. The Hall–Kier alpha value is -7.40. The summed E-state index contributed by atoms with van der Waals surface area (Å²) in [5.74, 6) is 1.80. The minimum absolute atomic E-state index is 0.000171. The van der Waals surface area contributed by atoms with Crippen LogP contribution >= 0.6 is 0 Å². The molecule has 0 unspecified atom stereocenters. The third-order valence-corrected chi connectivity index (χ3v) is 12.9. The third-order valence-electron chi connectivity index (χ3n) is 12.9. The molecule has 2 aromatic heterocycles. The van der Waals surface area contributed by atoms with Crippen LogP contribution in [0, 0.1) is 5.92 Å². The van der Waals surface area contributed by atoms with Gasteiger partial charge in [0.05, 0.1) is 41.0 Å². The van der Waals surface area contributed by atoms with Crippen LogP contribution in [0.3, 0.4) is 0 Å². The number of nitrogens with one attached hydrogen (secondary N) is 1. The first-order valence-electron chi connectivity index (χ1n) is 22.5. The highest BCUT2D eigenvalue weighted by Gasteiger charge is 2.32. The number of anilines is 6. The predicted molar refractivity (Wildman–Crippen MR) is 253 cm³/mol. The van der Waals surface area contributed by atoms with Crippen LogP contribution < -0.4 is 24.8 Å². The predicted octanol–water partition coefficient (Wildman–Crippen LogP) is 7.03. The van der Waals surface area contributed by atoms with E-state index in [1.54, 1.807) is 24.2 Å². The van der Waals surface area contributed by atoms with Crippen molar-refractivity contribution in [2.45, 2.75) is 46.1 Å². The first-order valence-corrected chi connectivity index (χ1v) is 22.5. The molecule has 4 aromatic carbocycles. The summed E-state index contributed by atoms with van der Waals surface area (Å²) < 4.78 is 7.59. The van der Waals surface area contributed by atoms with Crippen molar-refractivity contribution < 1.29 is 29.6 Å². The number of aromatic hydroxyl groups is 3. The van der Waals surface area contributed by atoms with E-state index in [0.29, 0.717) is 71.8 Å². The Morgan fingerprint density at radius 1 is 0.818 bits per heavy atom. The van der Waals surface area contributed by atoms with E-state index in [2.05, 4.69) is 36.4 Å². The number of para-hydroxylation sites is 1. The molecule has 0 bridgehead atoms. The molecule has 0 aliphatic carbocycles. The zero-order chi connectivity index (χ0) is 46.2. The molecule has 5 heterocycles. The highest BCUT2D eigenvalue weighted by atomic mass is 16.5. The largest absolute Gasteiger partial charge is 0.508 e. The summed E-state index contributed by atoms with van der Waals surface area (Å²) in [5.41, 5.74) is 6.41. The molecule has 66 heavy (non-hydrogen) atoms. The summed E-state index contributed by atoms with van der Waals surface area (Å²) in [5, 5.41) is 43.1. The van der Waals surface area contributed by atoms with Crippen LogP contribution in [0.15, 0.2) is 85.1 Å². The van der Waals surface area contributed by atoms with Crippen molar-refractivity contribution in [1.82, 2.24) is 34.5 Å². The molecule has 0 atom stereocenters. The average Bonchev–Trinajstić information content (AvgIpc) is 3.69. The Labute approximate surface area is 383 Å². The van der Waals surface area contributed by atoms with Gasteiger partial charge in [0.15, 0.2) is 11.6 Å². The SMILES string of the molecule is CCOc1cc(N2CCC(C(=O)N3CCN(Cc4ccc(-n5c(O)nnc5-c5cc(C(C)C)c(O)cc5O)cc4)CC3)CC2)ccc1Nc1ncc2c(n1)N(C)c1ccccc1C(=O)N2C. The Balaban J connectivity index is 0.785. The number of ether oxygens (including phenoxy) is 1. The molecule has 17 nitrogen and oxygen atoms in total. The van der Waals surface area contributed by atoms with Crippen LogP contribution in [0.1, 0.15) is 61.0 Å². The number of carbonyl (C=O) groups is 2. The lowest BCUT2D eigenvalue weighted by Gasteiger charge is -2.39. The summed E-state index contributed by atoms with van der Waals surface area (Å²) in [6, 6.07) is 23.9. The Kier molecular flexibility index (Phi) is 12.1. The van der Waals surface area contributed by atoms with Crippen molar-refractivity contribution in [2.75, 3.05) is 80.0 Å². The topological polar surface area (TPSA) is 189 Å². The van der Waals surface area contributed by atoms with Gasteiger partial charge in [0, 0.05) is 83.6 Å². The van der Waals surface area contributed by atoms with Crippen molar-refractivity contribution in [3.8, 4) is 40.3 Å². The van der Waals surface area contributed by atoms with Crippen LogP contribution in [0.4, 0.5) is 34.5 Å². The third kappa shape index (κ3) is 8.49. The smallest absolute Gasteiger partial charge is 0.319 e. The minimum atomic E-state index is -0.315. The Bertz CT molecular complexity index is 2760. The number of aromatic nitrogens is 5. The lowest BCUT2D eigenvalue weighted by molar-refractivity contribution is -0.138. The Morgan fingerprint density at radius 2 is 1.55 bits per heavy atom. The normalized spacial score (nSPS) is 15.8. The molecule has 6 aromatic rings. The lowest BCUT2D eigenvalue weighted by atomic mass is 9.94. The van der Waals surface area contributed by atoms with E-state index in [0.717, 1.165) is 61.6 Å². The van der Waals surface area contributed by atoms with Crippen molar-refractivity contribution in [2.24, 2.45) is 5.92 Å². The maximum absolute atomic E-state index is 13.8. The first kappa shape index (κ1) is 43.8. The van der Waals surface area contributed by atoms with E-state index in [4.69, 9.17) is 9.72 Å². The summed E-state index contributed by atoms with van der Waals surface area (Å²) in [6.07, 6.45) is 3.19. The number of benzene rings is 4. The molecule has 9 rings (SSSR count). The van der Waals surface area contributed by atoms with Gasteiger partial charge < -0.3 is 45.0 Å². The highest BCUT2D eigenvalue weighted by molar-refractivity contribution is 6.13. The standard InChI is InChI=1S/C49H55N11O6/c1-6-66-43-25-34(15-16-38(43)51-48-50-28-40-45(52-48)55(4)39-10-8-7-9-35(39)47(64)56(40)5)58-19-17-32(18-20-58)46(63)59-23-21-57(22-24-59)29-31-11-13-33(14-12-31)60-44(53-54-49(60)65)37-26-36(30(2)3)41(61)27-42(37)62/h7-16,25-28,30,32,61-62H,6,17-24,29H2,1-5H3,(H,54,65)(H,50,51,52). The van der Waals surface area contributed by atoms with Crippen molar-refractivity contribution >= 4 is 46.3 Å². The van der Waals surface area contributed by atoms with E-state index in [-0.39, 0.29) is 47.0 Å². The molecule has 4 N–H and O–H groups in total. The number of hydrogen-bond donors (Lipinski definition) is 4. The lowest BCUT2D eigenvalue weighted by Crippen LogP contribution is -2.51. The zero-order valence-corrected chi connectivity index (χ0v) is 37.8. The number of nitrogens with zero attached hydrogens (tertiary/aromatic N) is 10. The van der Waals surface area contributed by atoms with Gasteiger partial charge in [0.2, 0.25) is 11.9 Å². The van der Waals surface area contributed by atoms with Crippen molar-refractivity contribution in [3.63, 3.8) is 0 Å². The fourth-order valence-corrected chi connectivity index (χ4v) is 9.17. The molecule has 342 valence electrons. The van der Waals surface area contributed by atoms with Gasteiger partial charge in [-0.3, -0.25) is 14.5 Å². The van der Waals surface area contributed by atoms with E-state index >= 15 is 0 Å². The maximum Gasteiger partial charge on any atom is 0.319 e. The van der Waals surface area contributed by atoms with Gasteiger partial charge in [0.1, 0.15) is 22.9 Å². The van der Waals surface area contributed by atoms with E-state index in [9.17, 15) is 24.9 Å². The second-order valence-electron chi connectivity index (χ2n) is 17.4. The van der Waals surface area contributed by atoms with Crippen LogP contribution in [0.2, 0.25) is 0 Å². The van der Waals surface area contributed by atoms with E-state index < -0.39 is 0 Å². The van der Waals surface area contributed by atoms with Crippen LogP contribution in [0.25, 0.3) is 17.1 Å². The van der Waals surface area contributed by atoms with Gasteiger partial charge in [-0.25, -0.2) is 9.55 Å². The molecule has 2 fully saturated rings. The van der Waals surface area contributed by atoms with Gasteiger partial charge in [0.25, 0.3) is 5.91 Å². The second-order valence-corrected chi connectivity index (χ2v) is 17.4. The number of piperazine rings is 1. The maximum atomic E-state index is 13.8. The van der Waals surface area contributed by atoms with E-state index in [1.807, 2.05) is 98.3 Å². The minimum Gasteiger partial charge on any atom is -0.508 e. The van der Waals surface area contributed by atoms with Gasteiger partial charge in [-0.15, -0.1) is 5.10 Å². The van der Waals surface area contributed by atoms with Gasteiger partial charge >= 0.3 is 6.01 Å². The fraction of sp³-hybridized carbons (Fsp3) is 0.347. The number of amides is 2. The first-order chi connectivity index (χ1) is 31.9. The summed E-state index contributed by atoms with van der Waals surface area (Å²) in [7, 11) is 3.62. The van der Waals surface area contributed by atoms with Gasteiger partial charge in [-0.1, -0.05) is 43.2 Å². The number of carbonyl (C=O) groups excluding carboxylic acids is 2. The van der Waals surface area contributed by atoms with Crippen LogP contribution in [-0.4, -0.2) is 122 Å². The monoisotopic (exact) mass is 893 g/mol. The number of rotatable bonds is 11. The second kappa shape index (κ2) is 18.2. The summed E-state index contributed by atoms with van der Waals surface area (Å²) in [6.45, 7) is 11.4. The molecule has 2 amide bonds. The molecule has 2 saturated heterocycles. The quantitative estimate of drug-likeness (QED) is 0.104. The fourth-order valence-electron chi connectivity index (χ4n) is 9.17. The number of phenolic OH excluding ortho intramolecular Hbond substituents is 2. The molecule has 3 aliphatic heterocycles. The number of hydrogen-bond acceptors (Lipinski definition) is 14. The molecule has 3 aliphatic rings. The molecule has 0 spiro atoms. The summed E-state index contributed by atoms with van der Waals surface area (Å²) in [4.78, 5) is 46.6. The van der Waals surface area contributed by atoms with Crippen molar-refractivity contribution in [3.05, 3.63) is 102 Å². The van der Waals surface area contributed by atoms with E-state index in [1.165, 1.54) is 10.6 Å². The number of piperidine rings is 1. The Morgan fingerprint density at radius 3 is 2.27 bits per heavy atom.